The van der Waals surface area contributed by atoms with Crippen LogP contribution in [0.15, 0.2) is 35.8 Å². The molecule has 1 aromatic carbocycles. The number of hydrogen-bond donors (Lipinski definition) is 2. The Bertz CT molecular complexity index is 807. The van der Waals surface area contributed by atoms with Gasteiger partial charge in [-0.2, -0.15) is 0 Å². The topological polar surface area (TPSA) is 111 Å². The molecule has 3 rings (SSSR count). The van der Waals surface area contributed by atoms with Crippen LogP contribution in [-0.2, 0) is 9.59 Å². The summed E-state index contributed by atoms with van der Waals surface area (Å²) in [7, 11) is 0. The lowest BCUT2D eigenvalue weighted by molar-refractivity contribution is -0.313. The fourth-order valence-electron chi connectivity index (χ4n) is 3.15. The third-order valence-electron chi connectivity index (χ3n) is 4.45. The second kappa shape index (κ2) is 8.09. The van der Waals surface area contributed by atoms with Gasteiger partial charge < -0.3 is 15.2 Å². The lowest BCUT2D eigenvalue weighted by Gasteiger charge is -2.31. The van der Waals surface area contributed by atoms with Gasteiger partial charge in [0, 0.05) is 40.6 Å². The van der Waals surface area contributed by atoms with E-state index in [2.05, 4.69) is 15.6 Å². The standard InChI is InChI=1S/C18H19N3O4S/c22-15(21-18-19-8-9-26-18)11-4-3-5-12(10-11)20-16(23)13-6-1-2-7-14(13)17(24)25/h3-5,8-10,13-14H,1-2,6-7H2,(H,20,23)(H,24,25)(H,19,21,22)/p-1/t13-,14+/m1/s1. The first-order valence-corrected chi connectivity index (χ1v) is 9.25. The fourth-order valence-corrected chi connectivity index (χ4v) is 3.68. The summed E-state index contributed by atoms with van der Waals surface area (Å²) in [4.78, 5) is 40.0. The van der Waals surface area contributed by atoms with Gasteiger partial charge in [0.25, 0.3) is 5.91 Å². The van der Waals surface area contributed by atoms with Gasteiger partial charge in [-0.25, -0.2) is 4.98 Å². The number of carbonyl (C=O) groups is 3. The first kappa shape index (κ1) is 18.1. The summed E-state index contributed by atoms with van der Waals surface area (Å²) < 4.78 is 0. The van der Waals surface area contributed by atoms with Gasteiger partial charge in [0.15, 0.2) is 5.13 Å². The Labute approximate surface area is 154 Å². The van der Waals surface area contributed by atoms with Crippen molar-refractivity contribution < 1.29 is 19.5 Å². The van der Waals surface area contributed by atoms with Gasteiger partial charge in [-0.1, -0.05) is 18.9 Å². The van der Waals surface area contributed by atoms with Crippen LogP contribution in [0.3, 0.4) is 0 Å². The number of rotatable bonds is 5. The zero-order valence-electron chi connectivity index (χ0n) is 13.9. The molecule has 0 spiro atoms. The molecule has 1 heterocycles. The first-order valence-electron chi connectivity index (χ1n) is 8.37. The minimum absolute atomic E-state index is 0.332. The molecule has 0 aliphatic heterocycles. The molecular formula is C18H18N3O4S-. The van der Waals surface area contributed by atoms with Crippen LogP contribution in [0.2, 0.25) is 0 Å². The minimum Gasteiger partial charge on any atom is -0.550 e. The van der Waals surface area contributed by atoms with E-state index in [4.69, 9.17) is 0 Å². The van der Waals surface area contributed by atoms with Gasteiger partial charge in [0.05, 0.1) is 0 Å². The van der Waals surface area contributed by atoms with Gasteiger partial charge >= 0.3 is 0 Å². The van der Waals surface area contributed by atoms with Crippen molar-refractivity contribution in [3.8, 4) is 0 Å². The number of nitrogens with zero attached hydrogens (tertiary/aromatic N) is 1. The predicted octanol–water partition coefficient (Wildman–Crippen LogP) is 1.89. The lowest BCUT2D eigenvalue weighted by Crippen LogP contribution is -2.42. The summed E-state index contributed by atoms with van der Waals surface area (Å²) in [6, 6.07) is 6.50. The van der Waals surface area contributed by atoms with Crippen molar-refractivity contribution >= 4 is 39.9 Å². The van der Waals surface area contributed by atoms with Crippen molar-refractivity contribution in [3.63, 3.8) is 0 Å². The van der Waals surface area contributed by atoms with Gasteiger partial charge in [-0.05, 0) is 31.0 Å². The Morgan fingerprint density at radius 2 is 1.88 bits per heavy atom. The van der Waals surface area contributed by atoms with Crippen molar-refractivity contribution in [2.45, 2.75) is 25.7 Å². The highest BCUT2D eigenvalue weighted by Crippen LogP contribution is 2.30. The van der Waals surface area contributed by atoms with Crippen LogP contribution in [0.25, 0.3) is 0 Å². The molecule has 1 aliphatic rings. The van der Waals surface area contributed by atoms with E-state index in [1.807, 2.05) is 0 Å². The molecule has 7 nitrogen and oxygen atoms in total. The molecular weight excluding hydrogens is 354 g/mol. The van der Waals surface area contributed by atoms with Gasteiger partial charge in [-0.3, -0.25) is 14.9 Å². The van der Waals surface area contributed by atoms with Crippen molar-refractivity contribution in [1.29, 1.82) is 0 Å². The number of carboxylic acid groups (broad SMARTS) is 1. The summed E-state index contributed by atoms with van der Waals surface area (Å²) in [5.41, 5.74) is 0.822. The Morgan fingerprint density at radius 1 is 1.12 bits per heavy atom. The number of anilines is 2. The zero-order chi connectivity index (χ0) is 18.5. The maximum absolute atomic E-state index is 12.5. The molecule has 0 radical (unpaired) electrons. The molecule has 2 aromatic rings. The average molecular weight is 372 g/mol. The van der Waals surface area contributed by atoms with Gasteiger partial charge in [0.1, 0.15) is 0 Å². The summed E-state index contributed by atoms with van der Waals surface area (Å²) in [6.45, 7) is 0. The zero-order valence-corrected chi connectivity index (χ0v) is 14.8. The molecule has 136 valence electrons. The van der Waals surface area contributed by atoms with E-state index in [0.29, 0.717) is 29.2 Å². The SMILES string of the molecule is O=C(Nc1nccs1)c1cccc(NC(=O)[C@@H]2CCCC[C@@H]2C(=O)[O-])c1. The normalized spacial score (nSPS) is 19.5. The smallest absolute Gasteiger partial charge is 0.257 e. The number of thiazole rings is 1. The Morgan fingerprint density at radius 3 is 2.58 bits per heavy atom. The quantitative estimate of drug-likeness (QED) is 0.832. The van der Waals surface area contributed by atoms with Crippen LogP contribution in [0, 0.1) is 11.8 Å². The highest BCUT2D eigenvalue weighted by atomic mass is 32.1. The molecule has 1 fully saturated rings. The van der Waals surface area contributed by atoms with Crippen molar-refractivity contribution in [2.24, 2.45) is 11.8 Å². The van der Waals surface area contributed by atoms with E-state index in [0.717, 1.165) is 12.8 Å². The van der Waals surface area contributed by atoms with E-state index >= 15 is 0 Å². The number of aliphatic carboxylic acids is 1. The largest absolute Gasteiger partial charge is 0.550 e. The summed E-state index contributed by atoms with van der Waals surface area (Å²) in [5.74, 6) is -3.24. The number of hydrogen-bond acceptors (Lipinski definition) is 6. The monoisotopic (exact) mass is 372 g/mol. The summed E-state index contributed by atoms with van der Waals surface area (Å²) in [6.07, 6.45) is 4.17. The van der Waals surface area contributed by atoms with E-state index in [-0.39, 0.29) is 11.8 Å². The van der Waals surface area contributed by atoms with E-state index in [1.54, 1.807) is 35.8 Å². The van der Waals surface area contributed by atoms with Gasteiger partial charge in [0.2, 0.25) is 5.91 Å². The number of carboxylic acids is 1. The maximum atomic E-state index is 12.5. The van der Waals surface area contributed by atoms with Crippen LogP contribution < -0.4 is 15.7 Å². The Hall–Kier alpha value is -2.74. The minimum atomic E-state index is -1.18. The third-order valence-corrected chi connectivity index (χ3v) is 5.14. The predicted molar refractivity (Wildman–Crippen MR) is 95.6 cm³/mol. The van der Waals surface area contributed by atoms with Crippen molar-refractivity contribution in [2.75, 3.05) is 10.6 Å². The molecule has 2 atom stereocenters. The van der Waals surface area contributed by atoms with Crippen LogP contribution in [-0.4, -0.2) is 22.8 Å². The fraction of sp³-hybridized carbons (Fsp3) is 0.333. The third kappa shape index (κ3) is 4.26. The molecule has 26 heavy (non-hydrogen) atoms. The highest BCUT2D eigenvalue weighted by Gasteiger charge is 2.31. The molecule has 8 heteroatoms. The van der Waals surface area contributed by atoms with Crippen LogP contribution in [0.1, 0.15) is 36.0 Å². The van der Waals surface area contributed by atoms with Crippen molar-refractivity contribution in [1.82, 2.24) is 4.98 Å². The highest BCUT2D eigenvalue weighted by molar-refractivity contribution is 7.13. The van der Waals surface area contributed by atoms with E-state index in [9.17, 15) is 19.5 Å². The number of carbonyl (C=O) groups excluding carboxylic acids is 3. The second-order valence-corrected chi connectivity index (χ2v) is 7.07. The van der Waals surface area contributed by atoms with Crippen LogP contribution in [0.4, 0.5) is 10.8 Å². The maximum Gasteiger partial charge on any atom is 0.257 e. The molecule has 0 bridgehead atoms. The number of nitrogens with one attached hydrogen (secondary N) is 2. The summed E-state index contributed by atoms with van der Waals surface area (Å²) in [5, 5.41) is 18.9. The molecule has 1 aliphatic carbocycles. The molecule has 1 saturated carbocycles. The number of aromatic nitrogens is 1. The summed E-state index contributed by atoms with van der Waals surface area (Å²) >= 11 is 1.31. The van der Waals surface area contributed by atoms with Crippen LogP contribution >= 0.6 is 11.3 Å². The van der Waals surface area contributed by atoms with E-state index < -0.39 is 17.8 Å². The molecule has 1 aromatic heterocycles. The number of benzene rings is 1. The van der Waals surface area contributed by atoms with Gasteiger partial charge in [-0.15, -0.1) is 11.3 Å². The average Bonchev–Trinajstić information content (AvgIpc) is 3.15. The van der Waals surface area contributed by atoms with Crippen LogP contribution in [0.5, 0.6) is 0 Å². The number of amides is 2. The second-order valence-electron chi connectivity index (χ2n) is 6.18. The molecule has 2 amide bonds. The molecule has 0 unspecified atom stereocenters. The molecule has 2 N–H and O–H groups in total. The lowest BCUT2D eigenvalue weighted by atomic mass is 9.78. The van der Waals surface area contributed by atoms with E-state index in [1.165, 1.54) is 11.3 Å². The van der Waals surface area contributed by atoms with Crippen molar-refractivity contribution in [3.05, 3.63) is 41.4 Å². The Kier molecular flexibility index (Phi) is 5.62. The molecule has 0 saturated heterocycles. The first-order chi connectivity index (χ1) is 12.5. The Balaban J connectivity index is 1.68.